The van der Waals surface area contributed by atoms with Crippen LogP contribution in [0.15, 0.2) is 78.9 Å². The number of nitrogens with zero attached hydrogens (tertiary/aromatic N) is 1. The number of aromatic nitrogens is 1. The van der Waals surface area contributed by atoms with Crippen LogP contribution in [-0.4, -0.2) is 10.5 Å². The van der Waals surface area contributed by atoms with E-state index < -0.39 is 0 Å². The van der Waals surface area contributed by atoms with Gasteiger partial charge in [0, 0.05) is 29.2 Å². The minimum atomic E-state index is -0.297. The lowest BCUT2D eigenvalue weighted by atomic mass is 10.00. The van der Waals surface area contributed by atoms with Gasteiger partial charge in [-0.1, -0.05) is 60.7 Å². The van der Waals surface area contributed by atoms with E-state index in [4.69, 9.17) is 0 Å². The molecular weight excluding hydrogens is 334 g/mol. The van der Waals surface area contributed by atoms with Crippen molar-refractivity contribution < 1.29 is 4.79 Å². The maximum atomic E-state index is 12.7. The normalized spacial score (nSPS) is 15.9. The molecule has 0 spiro atoms. The van der Waals surface area contributed by atoms with Gasteiger partial charge in [-0.25, -0.2) is 0 Å². The van der Waals surface area contributed by atoms with Gasteiger partial charge in [-0.15, -0.1) is 0 Å². The van der Waals surface area contributed by atoms with Crippen molar-refractivity contribution in [3.05, 3.63) is 90.0 Å². The first-order valence-electron chi connectivity index (χ1n) is 9.03. The van der Waals surface area contributed by atoms with E-state index in [-0.39, 0.29) is 12.1 Å². The predicted octanol–water partition coefficient (Wildman–Crippen LogP) is 4.70. The number of carbonyl (C=O) groups is 1. The summed E-state index contributed by atoms with van der Waals surface area (Å²) < 4.78 is 2.20. The topological polar surface area (TPSA) is 46.1 Å². The third kappa shape index (κ3) is 2.41. The number of carbonyl (C=O) groups excluding carboxylic acids is 1. The van der Waals surface area contributed by atoms with Crippen molar-refractivity contribution in [2.24, 2.45) is 7.05 Å². The maximum absolute atomic E-state index is 12.7. The number of hydrogen-bond donors (Lipinski definition) is 2. The largest absolute Gasteiger partial charge is 0.361 e. The zero-order valence-corrected chi connectivity index (χ0v) is 14.9. The number of para-hydroxylation sites is 2. The Morgan fingerprint density at radius 3 is 2.37 bits per heavy atom. The molecule has 1 atom stereocenters. The highest BCUT2D eigenvalue weighted by atomic mass is 16.2. The fourth-order valence-electron chi connectivity index (χ4n) is 4.01. The van der Waals surface area contributed by atoms with Crippen molar-refractivity contribution in [1.82, 2.24) is 9.88 Å². The summed E-state index contributed by atoms with van der Waals surface area (Å²) in [6.45, 7) is 0. The van der Waals surface area contributed by atoms with Crippen LogP contribution in [0.2, 0.25) is 0 Å². The van der Waals surface area contributed by atoms with Crippen LogP contribution in [0.1, 0.15) is 22.1 Å². The zero-order chi connectivity index (χ0) is 18.4. The summed E-state index contributed by atoms with van der Waals surface area (Å²) in [5.41, 5.74) is 5.99. The SMILES string of the molecule is Cn1c(-c2ccccc2)c(C2NC(=O)c3ccccc3N2)c2ccccc21. The number of fused-ring (bicyclic) bond motifs is 2. The Morgan fingerprint density at radius 1 is 0.815 bits per heavy atom. The van der Waals surface area contributed by atoms with E-state index in [1.54, 1.807) is 0 Å². The summed E-state index contributed by atoms with van der Waals surface area (Å²) in [5.74, 6) is -0.0544. The minimum absolute atomic E-state index is 0.0544. The highest BCUT2D eigenvalue weighted by molar-refractivity contribution is 6.03. The molecule has 0 saturated carbocycles. The number of rotatable bonds is 2. The molecule has 4 nitrogen and oxygen atoms in total. The lowest BCUT2D eigenvalue weighted by Gasteiger charge is -2.29. The third-order valence-electron chi connectivity index (χ3n) is 5.23. The summed E-state index contributed by atoms with van der Waals surface area (Å²) in [7, 11) is 2.08. The van der Waals surface area contributed by atoms with Gasteiger partial charge in [-0.2, -0.15) is 0 Å². The lowest BCUT2D eigenvalue weighted by molar-refractivity contribution is 0.0936. The first kappa shape index (κ1) is 15.7. The molecule has 3 aromatic carbocycles. The van der Waals surface area contributed by atoms with E-state index in [1.165, 1.54) is 0 Å². The maximum Gasteiger partial charge on any atom is 0.255 e. The number of anilines is 1. The highest BCUT2D eigenvalue weighted by Gasteiger charge is 2.29. The van der Waals surface area contributed by atoms with Crippen molar-refractivity contribution in [1.29, 1.82) is 0 Å². The van der Waals surface area contributed by atoms with Gasteiger partial charge in [-0.05, 0) is 23.8 Å². The number of amides is 1. The summed E-state index contributed by atoms with van der Waals surface area (Å²) in [6, 6.07) is 26.3. The summed E-state index contributed by atoms with van der Waals surface area (Å²) in [5, 5.41) is 7.79. The van der Waals surface area contributed by atoms with Gasteiger partial charge in [0.05, 0.1) is 11.3 Å². The fraction of sp³-hybridized carbons (Fsp3) is 0.0870. The van der Waals surface area contributed by atoms with E-state index in [1.807, 2.05) is 54.6 Å². The van der Waals surface area contributed by atoms with E-state index >= 15 is 0 Å². The molecule has 1 aliphatic rings. The smallest absolute Gasteiger partial charge is 0.255 e. The Labute approximate surface area is 157 Å². The molecule has 1 aliphatic heterocycles. The average Bonchev–Trinajstić information content (AvgIpc) is 3.01. The van der Waals surface area contributed by atoms with Gasteiger partial charge < -0.3 is 15.2 Å². The van der Waals surface area contributed by atoms with E-state index in [2.05, 4.69) is 46.5 Å². The van der Waals surface area contributed by atoms with Crippen LogP contribution in [0.25, 0.3) is 22.2 Å². The second kappa shape index (κ2) is 6.02. The first-order chi connectivity index (χ1) is 13.2. The number of benzene rings is 3. The summed E-state index contributed by atoms with van der Waals surface area (Å²) in [4.78, 5) is 12.7. The standard InChI is InChI=1S/C23H19N3O/c1-26-19-14-8-6-12-17(19)20(21(26)15-9-3-2-4-10-15)22-24-18-13-7-5-11-16(18)23(27)25-22/h2-14,22,24H,1H3,(H,25,27). The lowest BCUT2D eigenvalue weighted by Crippen LogP contribution is -2.38. The second-order valence-electron chi connectivity index (χ2n) is 6.80. The molecule has 132 valence electrons. The van der Waals surface area contributed by atoms with Crippen LogP contribution in [0.4, 0.5) is 5.69 Å². The molecule has 0 saturated heterocycles. The first-order valence-corrected chi connectivity index (χ1v) is 9.03. The van der Waals surface area contributed by atoms with Gasteiger partial charge in [0.15, 0.2) is 0 Å². The summed E-state index contributed by atoms with van der Waals surface area (Å²) >= 11 is 0. The molecule has 1 amide bonds. The van der Waals surface area contributed by atoms with Crippen molar-refractivity contribution in [3.8, 4) is 11.3 Å². The zero-order valence-electron chi connectivity index (χ0n) is 14.9. The number of aryl methyl sites for hydroxylation is 1. The van der Waals surface area contributed by atoms with Gasteiger partial charge in [0.2, 0.25) is 0 Å². The quantitative estimate of drug-likeness (QED) is 0.549. The molecule has 2 N–H and O–H groups in total. The molecule has 4 aromatic rings. The molecule has 4 heteroatoms. The van der Waals surface area contributed by atoms with Gasteiger partial charge >= 0.3 is 0 Å². The molecule has 1 aromatic heterocycles. The Bertz CT molecular complexity index is 1160. The molecule has 27 heavy (non-hydrogen) atoms. The molecule has 0 aliphatic carbocycles. The van der Waals surface area contributed by atoms with Crippen molar-refractivity contribution in [2.45, 2.75) is 6.17 Å². The number of hydrogen-bond acceptors (Lipinski definition) is 2. The molecule has 0 bridgehead atoms. The van der Waals surface area contributed by atoms with E-state index in [0.717, 1.165) is 33.4 Å². The Hall–Kier alpha value is -3.53. The Kier molecular flexibility index (Phi) is 3.50. The molecule has 2 heterocycles. The van der Waals surface area contributed by atoms with Crippen molar-refractivity contribution in [3.63, 3.8) is 0 Å². The molecule has 0 fully saturated rings. The summed E-state index contributed by atoms with van der Waals surface area (Å²) in [6.07, 6.45) is -0.297. The van der Waals surface area contributed by atoms with Crippen LogP contribution < -0.4 is 10.6 Å². The van der Waals surface area contributed by atoms with Crippen LogP contribution in [-0.2, 0) is 7.05 Å². The van der Waals surface area contributed by atoms with Crippen LogP contribution in [0.5, 0.6) is 0 Å². The Morgan fingerprint density at radius 2 is 1.52 bits per heavy atom. The molecule has 5 rings (SSSR count). The van der Waals surface area contributed by atoms with E-state index in [9.17, 15) is 4.79 Å². The van der Waals surface area contributed by atoms with Gasteiger partial charge in [0.1, 0.15) is 6.17 Å². The number of nitrogens with one attached hydrogen (secondary N) is 2. The highest BCUT2D eigenvalue weighted by Crippen LogP contribution is 2.39. The van der Waals surface area contributed by atoms with Crippen LogP contribution >= 0.6 is 0 Å². The monoisotopic (exact) mass is 353 g/mol. The van der Waals surface area contributed by atoms with Gasteiger partial charge in [0.25, 0.3) is 5.91 Å². The Balaban J connectivity index is 1.75. The van der Waals surface area contributed by atoms with E-state index in [0.29, 0.717) is 5.56 Å². The molecule has 1 unspecified atom stereocenters. The molecule has 0 radical (unpaired) electrons. The van der Waals surface area contributed by atoms with Crippen LogP contribution in [0, 0.1) is 0 Å². The second-order valence-corrected chi connectivity index (χ2v) is 6.80. The fourth-order valence-corrected chi connectivity index (χ4v) is 4.01. The van der Waals surface area contributed by atoms with Crippen molar-refractivity contribution in [2.75, 3.05) is 5.32 Å². The third-order valence-corrected chi connectivity index (χ3v) is 5.23. The molecular formula is C23H19N3O. The van der Waals surface area contributed by atoms with Gasteiger partial charge in [-0.3, -0.25) is 4.79 Å². The minimum Gasteiger partial charge on any atom is -0.361 e. The predicted molar refractivity (Wildman–Crippen MR) is 109 cm³/mol. The van der Waals surface area contributed by atoms with Crippen molar-refractivity contribution >= 4 is 22.5 Å². The average molecular weight is 353 g/mol. The van der Waals surface area contributed by atoms with Crippen LogP contribution in [0.3, 0.4) is 0 Å².